The zero-order chi connectivity index (χ0) is 55.8. The molecule has 2 aromatic heterocycles. The largest absolute Gasteiger partial charge is 0.748 e. The van der Waals surface area contributed by atoms with Crippen molar-refractivity contribution in [1.29, 1.82) is 0 Å². The number of aromatic nitrogens is 2. The van der Waals surface area contributed by atoms with Gasteiger partial charge in [-0.1, -0.05) is 316 Å². The van der Waals surface area contributed by atoms with Crippen molar-refractivity contribution >= 4 is 16.1 Å². The van der Waals surface area contributed by atoms with E-state index in [1.807, 2.05) is 0 Å². The van der Waals surface area contributed by atoms with Crippen LogP contribution in [0.5, 0.6) is 0 Å². The Hall–Kier alpha value is -2.44. The predicted octanol–water partition coefficient (Wildman–Crippen LogP) is 17.3. The minimum absolute atomic E-state index is 0. The molecule has 470 valence electrons. The van der Waals surface area contributed by atoms with Crippen LogP contribution in [0.15, 0.2) is 61.2 Å². The van der Waals surface area contributed by atoms with Gasteiger partial charge < -0.3 is 30.9 Å². The molecule has 0 aromatic carbocycles. The Labute approximate surface area is 491 Å². The van der Waals surface area contributed by atoms with Gasteiger partial charge in [-0.15, -0.1) is 0 Å². The highest BCUT2D eigenvalue weighted by Crippen LogP contribution is 2.16. The zero-order valence-electron chi connectivity index (χ0n) is 52.6. The molecule has 0 spiro atoms. The van der Waals surface area contributed by atoms with Crippen LogP contribution in [0.4, 0.5) is 0 Å². The molecular weight excluding hydrogens is 1000 g/mol. The van der Waals surface area contributed by atoms with Gasteiger partial charge in [0.05, 0.1) is 10.1 Å². The second-order valence-electron chi connectivity index (χ2n) is 22.5. The van der Waals surface area contributed by atoms with Gasteiger partial charge in [0.15, 0.2) is 24.8 Å². The Bertz CT molecular complexity index is 1420. The molecule has 0 radical (unpaired) electrons. The first kappa shape index (κ1) is 85.4. The van der Waals surface area contributed by atoms with Gasteiger partial charge in [0.1, 0.15) is 13.1 Å². The number of carboxylic acids is 1. The lowest BCUT2D eigenvalue weighted by Gasteiger charge is -2.05. The first-order valence-electron chi connectivity index (χ1n) is 33.2. The van der Waals surface area contributed by atoms with Crippen LogP contribution in [0, 0.1) is 0 Å². The third-order valence-corrected chi connectivity index (χ3v) is 15.6. The molecule has 10 nitrogen and oxygen atoms in total. The van der Waals surface area contributed by atoms with Crippen LogP contribution in [0.2, 0.25) is 0 Å². The second kappa shape index (κ2) is 73.6. The van der Waals surface area contributed by atoms with E-state index in [1.165, 1.54) is 296 Å². The minimum Gasteiger partial charge on any atom is -0.748 e. The van der Waals surface area contributed by atoms with Gasteiger partial charge in [-0.25, -0.2) is 17.6 Å². The fourth-order valence-corrected chi connectivity index (χ4v) is 10.4. The van der Waals surface area contributed by atoms with Gasteiger partial charge in [-0.05, 0) is 32.1 Å². The van der Waals surface area contributed by atoms with Gasteiger partial charge in [0.2, 0.25) is 0 Å². The lowest BCUT2D eigenvalue weighted by atomic mass is 10.0. The topological polar surface area (TPSA) is 200 Å². The second-order valence-corrected chi connectivity index (χ2v) is 24.0. The molecule has 79 heavy (non-hydrogen) atoms. The summed E-state index contributed by atoms with van der Waals surface area (Å²) in [7, 11) is -3.98. The normalized spacial score (nSPS) is 10.6. The van der Waals surface area contributed by atoms with Crippen molar-refractivity contribution in [1.82, 2.24) is 0 Å². The summed E-state index contributed by atoms with van der Waals surface area (Å²) in [6.07, 6.45) is 74.3. The number of carbonyl (C=O) groups is 1. The van der Waals surface area contributed by atoms with E-state index in [0.717, 1.165) is 25.7 Å². The van der Waals surface area contributed by atoms with Crippen molar-refractivity contribution in [2.75, 3.05) is 5.75 Å². The molecule has 11 heteroatoms. The van der Waals surface area contributed by atoms with Gasteiger partial charge in [-0.3, -0.25) is 0 Å². The van der Waals surface area contributed by atoms with Crippen molar-refractivity contribution in [2.45, 2.75) is 362 Å². The van der Waals surface area contributed by atoms with Gasteiger partial charge in [-0.2, -0.15) is 0 Å². The number of hydrogen-bond donors (Lipinski definition) is 0. The minimum atomic E-state index is -3.98. The number of pyridine rings is 2. The molecule has 6 N–H and O–H groups in total. The fourth-order valence-electron chi connectivity index (χ4n) is 9.84. The van der Waals surface area contributed by atoms with Crippen molar-refractivity contribution in [2.24, 2.45) is 0 Å². The zero-order valence-corrected chi connectivity index (χ0v) is 53.4. The summed E-state index contributed by atoms with van der Waals surface area (Å²) in [6.45, 7) is 11.4. The van der Waals surface area contributed by atoms with Crippen molar-refractivity contribution in [3.8, 4) is 0 Å². The third kappa shape index (κ3) is 79.8. The summed E-state index contributed by atoms with van der Waals surface area (Å²) in [5.74, 6) is -1.10. The van der Waals surface area contributed by atoms with Crippen LogP contribution in [-0.2, 0) is 28.0 Å². The standard InChI is InChI=1S/2C21H38N.C14H28O2.C12H26O3S.3H2O/c2*1-2-3-4-5-6-7-8-9-10-11-12-13-14-16-19-22-20-17-15-18-21-22;1-2-3-4-5-6-7-8-9-10-11-12-13-14(15)16;1-2-3-4-5-6-7-8-9-10-11-12-16(13,14)15;;;/h2*15,17-18,20-21H,2-14,16,19H2,1H3;2-13H2,1H3,(H,15,16);2-12H2,1H3,(H,13,14,15);3*1H2/q2*+1;;;;;/p-2. The number of carboxylic acid groups (broad SMARTS) is 1. The molecule has 0 unspecified atom stereocenters. The van der Waals surface area contributed by atoms with E-state index in [-0.39, 0.29) is 28.6 Å². The Morgan fingerprint density at radius 2 is 0.494 bits per heavy atom. The Morgan fingerprint density at radius 1 is 0.304 bits per heavy atom. The van der Waals surface area contributed by atoms with Crippen LogP contribution < -0.4 is 14.2 Å². The first-order chi connectivity index (χ1) is 37.2. The quantitative estimate of drug-likeness (QED) is 0.0360. The molecule has 2 heterocycles. The molecule has 0 aliphatic heterocycles. The molecule has 0 bridgehead atoms. The number of hydrogen-bond acceptors (Lipinski definition) is 5. The number of aliphatic carboxylic acids is 1. The number of rotatable bonds is 53. The van der Waals surface area contributed by atoms with Crippen LogP contribution in [-0.4, -0.2) is 41.1 Å². The molecule has 0 aliphatic carbocycles. The van der Waals surface area contributed by atoms with Gasteiger partial charge in [0, 0.05) is 48.8 Å². The summed E-state index contributed by atoms with van der Waals surface area (Å²) < 4.78 is 35.5. The van der Waals surface area contributed by atoms with Crippen molar-refractivity contribution < 1.29 is 48.4 Å². The van der Waals surface area contributed by atoms with E-state index >= 15 is 0 Å². The van der Waals surface area contributed by atoms with Gasteiger partial charge in [0.25, 0.3) is 0 Å². The maximum atomic E-state index is 10.3. The monoisotopic (exact) mass is 1140 g/mol. The first-order valence-corrected chi connectivity index (χ1v) is 34.8. The molecule has 0 fully saturated rings. The average molecular weight is 1140 g/mol. The molecule has 0 aliphatic rings. The average Bonchev–Trinajstić information content (AvgIpc) is 3.41. The van der Waals surface area contributed by atoms with Crippen LogP contribution in [0.1, 0.15) is 349 Å². The number of carbonyl (C=O) groups excluding carboxylic acids is 1. The molecule has 2 aromatic rings. The SMILES string of the molecule is CCCCCCCCCCCCCC(=O)[O-].CCCCCCCCCCCCCCCC[n+]1ccccc1.CCCCCCCCCCCCCCCC[n+]1ccccc1.CCCCCCCCCCCCS(=O)(=O)[O-].O.O.O. The highest BCUT2D eigenvalue weighted by molar-refractivity contribution is 7.85. The fraction of sp³-hybridized carbons (Fsp3) is 0.838. The number of unbranched alkanes of at least 4 members (excludes halogenated alkanes) is 45. The van der Waals surface area contributed by atoms with E-state index in [4.69, 9.17) is 0 Å². The Morgan fingerprint density at radius 3 is 0.696 bits per heavy atom. The van der Waals surface area contributed by atoms with Crippen LogP contribution in [0.25, 0.3) is 0 Å². The summed E-state index contributed by atoms with van der Waals surface area (Å²) in [5.41, 5.74) is 0. The van der Waals surface area contributed by atoms with E-state index in [2.05, 4.69) is 98.0 Å². The van der Waals surface area contributed by atoms with Crippen LogP contribution in [0.3, 0.4) is 0 Å². The number of nitrogens with zero attached hydrogens (tertiary/aromatic N) is 2. The maximum absolute atomic E-state index is 10.3. The smallest absolute Gasteiger partial charge is 0.168 e. The summed E-state index contributed by atoms with van der Waals surface area (Å²) in [5, 5.41) is 10.1. The van der Waals surface area contributed by atoms with E-state index in [0.29, 0.717) is 6.42 Å². The molecular formula is C68H134N2O8S. The lowest BCUT2D eigenvalue weighted by molar-refractivity contribution is -0.697. The molecule has 0 saturated carbocycles. The van der Waals surface area contributed by atoms with Crippen molar-refractivity contribution in [3.05, 3.63) is 61.2 Å². The highest BCUT2D eigenvalue weighted by Gasteiger charge is 2.01. The van der Waals surface area contributed by atoms with Crippen molar-refractivity contribution in [3.63, 3.8) is 0 Å². The summed E-state index contributed by atoms with van der Waals surface area (Å²) in [4.78, 5) is 10.1. The lowest BCUT2D eigenvalue weighted by Crippen LogP contribution is -2.32. The molecule has 2 rings (SSSR count). The predicted molar refractivity (Wildman–Crippen MR) is 337 cm³/mol. The summed E-state index contributed by atoms with van der Waals surface area (Å²) in [6, 6.07) is 12.6. The summed E-state index contributed by atoms with van der Waals surface area (Å²) >= 11 is 0. The Balaban J connectivity index is -0.000000308. The maximum Gasteiger partial charge on any atom is 0.168 e. The molecule has 0 atom stereocenters. The molecule has 0 saturated heterocycles. The van der Waals surface area contributed by atoms with E-state index in [9.17, 15) is 22.9 Å². The number of aryl methyl sites for hydroxylation is 2. The third-order valence-electron chi connectivity index (χ3n) is 14.8. The van der Waals surface area contributed by atoms with E-state index < -0.39 is 16.1 Å². The van der Waals surface area contributed by atoms with Crippen LogP contribution >= 0.6 is 0 Å². The van der Waals surface area contributed by atoms with E-state index in [1.54, 1.807) is 0 Å². The highest BCUT2D eigenvalue weighted by atomic mass is 32.2. The Kier molecular flexibility index (Phi) is 79.5. The molecule has 0 amide bonds. The van der Waals surface area contributed by atoms with Gasteiger partial charge >= 0.3 is 0 Å².